The van der Waals surface area contributed by atoms with Gasteiger partial charge in [0.15, 0.2) is 9.84 Å². The molecule has 1 aromatic heterocycles. The molecule has 0 bridgehead atoms. The standard InChI is InChI=1S/C28H34N2O3S/c1-29-16-13-25(21-29)34(31,32)18-6-17-33-24-11-9-23-10-12-28(30-14-5-15-30)27(26(23)20-24)19-22-7-3-2-4-8-22/h2-4,7-9,11,13,16,20-21,27-28H,5-6,10,12,14-15,17-19H2,1H3. The van der Waals surface area contributed by atoms with Crippen molar-refractivity contribution >= 4 is 9.84 Å². The van der Waals surface area contributed by atoms with Gasteiger partial charge in [0.1, 0.15) is 5.75 Å². The van der Waals surface area contributed by atoms with Crippen molar-refractivity contribution in [2.24, 2.45) is 7.05 Å². The van der Waals surface area contributed by atoms with Crippen molar-refractivity contribution in [3.05, 3.63) is 83.7 Å². The van der Waals surface area contributed by atoms with Crippen molar-refractivity contribution in [2.75, 3.05) is 25.4 Å². The number of benzene rings is 2. The molecule has 1 aliphatic heterocycles. The molecule has 34 heavy (non-hydrogen) atoms. The average Bonchev–Trinajstić information content (AvgIpc) is 3.25. The number of hydrogen-bond acceptors (Lipinski definition) is 4. The van der Waals surface area contributed by atoms with Gasteiger partial charge in [-0.1, -0.05) is 36.4 Å². The van der Waals surface area contributed by atoms with E-state index in [1.54, 1.807) is 23.0 Å². The Morgan fingerprint density at radius 1 is 1.06 bits per heavy atom. The topological polar surface area (TPSA) is 51.5 Å². The highest BCUT2D eigenvalue weighted by Gasteiger charge is 2.36. The number of likely N-dealkylation sites (tertiary alicyclic amines) is 1. The zero-order chi connectivity index (χ0) is 23.5. The van der Waals surface area contributed by atoms with Crippen LogP contribution in [0.3, 0.4) is 0 Å². The number of rotatable bonds is 9. The maximum atomic E-state index is 12.5. The fraction of sp³-hybridized carbons (Fsp3) is 0.429. The molecule has 0 amide bonds. The third kappa shape index (κ3) is 5.08. The number of sulfone groups is 1. The zero-order valence-corrected chi connectivity index (χ0v) is 20.7. The summed E-state index contributed by atoms with van der Waals surface area (Å²) >= 11 is 0. The number of aromatic nitrogens is 1. The SMILES string of the molecule is Cn1ccc(S(=O)(=O)CCCOc2ccc3c(c2)C(Cc2ccccc2)C(N2CCC2)CC3)c1. The molecule has 1 saturated heterocycles. The molecule has 2 atom stereocenters. The van der Waals surface area contributed by atoms with Gasteiger partial charge in [0, 0.05) is 31.4 Å². The van der Waals surface area contributed by atoms with Crippen molar-refractivity contribution < 1.29 is 13.2 Å². The monoisotopic (exact) mass is 478 g/mol. The second-order valence-corrected chi connectivity index (χ2v) is 11.8. The minimum absolute atomic E-state index is 0.0929. The lowest BCUT2D eigenvalue weighted by molar-refractivity contribution is 0.0876. The molecule has 0 radical (unpaired) electrons. The van der Waals surface area contributed by atoms with Crippen LogP contribution < -0.4 is 4.74 Å². The fourth-order valence-electron chi connectivity index (χ4n) is 5.39. The van der Waals surface area contributed by atoms with Gasteiger partial charge in [-0.25, -0.2) is 8.42 Å². The van der Waals surface area contributed by atoms with E-state index >= 15 is 0 Å². The van der Waals surface area contributed by atoms with Gasteiger partial charge in [0.2, 0.25) is 0 Å². The Bertz CT molecular complexity index is 1220. The van der Waals surface area contributed by atoms with Crippen molar-refractivity contribution in [1.29, 1.82) is 0 Å². The summed E-state index contributed by atoms with van der Waals surface area (Å²) in [5.74, 6) is 1.39. The fourth-order valence-corrected chi connectivity index (χ4v) is 6.72. The van der Waals surface area contributed by atoms with E-state index in [9.17, 15) is 8.42 Å². The minimum Gasteiger partial charge on any atom is -0.494 e. The maximum absolute atomic E-state index is 12.5. The van der Waals surface area contributed by atoms with E-state index in [0.717, 1.165) is 18.6 Å². The molecule has 3 aromatic rings. The molecule has 2 unspecified atom stereocenters. The molecule has 2 heterocycles. The normalized spacial score (nSPS) is 20.5. The summed E-state index contributed by atoms with van der Waals surface area (Å²) in [5.41, 5.74) is 4.21. The second kappa shape index (κ2) is 9.96. The van der Waals surface area contributed by atoms with Crippen LogP contribution in [0.1, 0.15) is 41.9 Å². The highest BCUT2D eigenvalue weighted by Crippen LogP contribution is 2.40. The highest BCUT2D eigenvalue weighted by atomic mass is 32.2. The molecule has 2 aliphatic rings. The van der Waals surface area contributed by atoms with E-state index in [4.69, 9.17) is 4.74 Å². The van der Waals surface area contributed by atoms with Gasteiger partial charge in [0.05, 0.1) is 17.3 Å². The summed E-state index contributed by atoms with van der Waals surface area (Å²) in [6, 6.07) is 19.5. The summed E-state index contributed by atoms with van der Waals surface area (Å²) in [5, 5.41) is 0. The Balaban J connectivity index is 1.28. The smallest absolute Gasteiger partial charge is 0.180 e. The number of ether oxygens (including phenoxy) is 1. The largest absolute Gasteiger partial charge is 0.494 e. The molecule has 5 rings (SSSR count). The third-order valence-electron chi connectivity index (χ3n) is 7.34. The third-order valence-corrected chi connectivity index (χ3v) is 9.12. The first-order chi connectivity index (χ1) is 16.5. The molecule has 0 spiro atoms. The first-order valence-corrected chi connectivity index (χ1v) is 14.0. The van der Waals surface area contributed by atoms with Gasteiger partial charge in [-0.05, 0) is 80.1 Å². The number of aryl methyl sites for hydroxylation is 2. The molecule has 6 heteroatoms. The first-order valence-electron chi connectivity index (χ1n) is 12.4. The van der Waals surface area contributed by atoms with Crippen molar-refractivity contribution in [1.82, 2.24) is 9.47 Å². The zero-order valence-electron chi connectivity index (χ0n) is 19.9. The predicted molar refractivity (Wildman–Crippen MR) is 135 cm³/mol. The summed E-state index contributed by atoms with van der Waals surface area (Å²) in [6.45, 7) is 2.80. The number of fused-ring (bicyclic) bond motifs is 1. The van der Waals surface area contributed by atoms with Crippen LogP contribution in [0.4, 0.5) is 0 Å². The van der Waals surface area contributed by atoms with E-state index in [1.165, 1.54) is 42.6 Å². The lowest BCUT2D eigenvalue weighted by Gasteiger charge is -2.45. The van der Waals surface area contributed by atoms with Gasteiger partial charge in [-0.15, -0.1) is 0 Å². The van der Waals surface area contributed by atoms with E-state index in [2.05, 4.69) is 47.4 Å². The summed E-state index contributed by atoms with van der Waals surface area (Å²) < 4.78 is 32.9. The van der Waals surface area contributed by atoms with Crippen LogP contribution in [0.5, 0.6) is 5.75 Å². The Labute approximate surface area is 203 Å². The van der Waals surface area contributed by atoms with E-state index in [0.29, 0.717) is 29.9 Å². The summed E-state index contributed by atoms with van der Waals surface area (Å²) in [6.07, 6.45) is 8.54. The van der Waals surface area contributed by atoms with Crippen LogP contribution in [0, 0.1) is 0 Å². The van der Waals surface area contributed by atoms with E-state index in [1.807, 2.05) is 13.1 Å². The maximum Gasteiger partial charge on any atom is 0.180 e. The van der Waals surface area contributed by atoms with Gasteiger partial charge in [0.25, 0.3) is 0 Å². The number of hydrogen-bond donors (Lipinski definition) is 0. The molecule has 1 fully saturated rings. The Morgan fingerprint density at radius 2 is 1.88 bits per heavy atom. The quantitative estimate of drug-likeness (QED) is 0.421. The summed E-state index contributed by atoms with van der Waals surface area (Å²) in [7, 11) is -1.44. The summed E-state index contributed by atoms with van der Waals surface area (Å²) in [4.78, 5) is 3.03. The molecular formula is C28H34N2O3S. The molecular weight excluding hydrogens is 444 g/mol. The lowest BCUT2D eigenvalue weighted by Crippen LogP contribution is -2.49. The lowest BCUT2D eigenvalue weighted by atomic mass is 9.75. The van der Waals surface area contributed by atoms with Gasteiger partial charge < -0.3 is 9.30 Å². The van der Waals surface area contributed by atoms with Crippen molar-refractivity contribution in [3.63, 3.8) is 0 Å². The Morgan fingerprint density at radius 3 is 2.59 bits per heavy atom. The van der Waals surface area contributed by atoms with E-state index < -0.39 is 9.84 Å². The average molecular weight is 479 g/mol. The molecule has 0 N–H and O–H groups in total. The minimum atomic E-state index is -3.27. The Hall–Kier alpha value is -2.57. The van der Waals surface area contributed by atoms with Crippen molar-refractivity contribution in [3.8, 4) is 5.75 Å². The molecule has 1 aliphatic carbocycles. The molecule has 180 valence electrons. The van der Waals surface area contributed by atoms with Gasteiger partial charge in [-0.3, -0.25) is 4.90 Å². The van der Waals surface area contributed by atoms with Crippen LogP contribution in [0.25, 0.3) is 0 Å². The molecule has 5 nitrogen and oxygen atoms in total. The van der Waals surface area contributed by atoms with Gasteiger partial charge >= 0.3 is 0 Å². The highest BCUT2D eigenvalue weighted by molar-refractivity contribution is 7.91. The second-order valence-electron chi connectivity index (χ2n) is 9.69. The van der Waals surface area contributed by atoms with Crippen LogP contribution in [0.15, 0.2) is 71.9 Å². The van der Waals surface area contributed by atoms with Crippen LogP contribution in [-0.4, -0.2) is 49.4 Å². The molecule has 2 aromatic carbocycles. The van der Waals surface area contributed by atoms with Crippen LogP contribution in [0.2, 0.25) is 0 Å². The number of nitrogens with zero attached hydrogens (tertiary/aromatic N) is 2. The van der Waals surface area contributed by atoms with Crippen molar-refractivity contribution in [2.45, 2.75) is 49.0 Å². The van der Waals surface area contributed by atoms with E-state index in [-0.39, 0.29) is 5.75 Å². The van der Waals surface area contributed by atoms with Gasteiger partial charge in [-0.2, -0.15) is 0 Å². The predicted octanol–water partition coefficient (Wildman–Crippen LogP) is 4.61. The first kappa shape index (κ1) is 23.2. The molecule has 0 saturated carbocycles. The van der Waals surface area contributed by atoms with Crippen LogP contribution in [-0.2, 0) is 29.7 Å². The van der Waals surface area contributed by atoms with Crippen LogP contribution >= 0.6 is 0 Å². The Kier molecular flexibility index (Phi) is 6.79.